The van der Waals surface area contributed by atoms with Crippen LogP contribution in [0.4, 0.5) is 5.69 Å². The van der Waals surface area contributed by atoms with Gasteiger partial charge in [0.2, 0.25) is 0 Å². The van der Waals surface area contributed by atoms with Gasteiger partial charge in [-0.2, -0.15) is 5.10 Å². The highest BCUT2D eigenvalue weighted by Gasteiger charge is 2.04. The number of non-ortho nitro benzene ring substituents is 1. The normalized spacial score (nSPS) is 10.4. The Morgan fingerprint density at radius 2 is 2.08 bits per heavy atom. The van der Waals surface area contributed by atoms with E-state index in [1.54, 1.807) is 19.2 Å². The highest BCUT2D eigenvalue weighted by molar-refractivity contribution is 7.80. The molecule has 2 N–H and O–H groups in total. The van der Waals surface area contributed by atoms with Crippen LogP contribution in [0.2, 0.25) is 0 Å². The molecule has 8 heteroatoms. The van der Waals surface area contributed by atoms with Gasteiger partial charge in [-0.15, -0.1) is 0 Å². The number of rotatable bonds is 6. The van der Waals surface area contributed by atoms with E-state index in [-0.39, 0.29) is 5.69 Å². The number of hydrogen-bond acceptors (Lipinski definition) is 5. The Morgan fingerprint density at radius 1 is 1.33 bits per heavy atom. The fourth-order valence-corrected chi connectivity index (χ4v) is 1.97. The van der Waals surface area contributed by atoms with Crippen LogP contribution in [0.15, 0.2) is 53.6 Å². The summed E-state index contributed by atoms with van der Waals surface area (Å²) in [5.74, 6) is 0.793. The van der Waals surface area contributed by atoms with E-state index in [9.17, 15) is 10.1 Å². The minimum absolute atomic E-state index is 0.0131. The van der Waals surface area contributed by atoms with Gasteiger partial charge in [-0.3, -0.25) is 15.5 Å². The maximum absolute atomic E-state index is 10.7. The van der Waals surface area contributed by atoms with Crippen molar-refractivity contribution in [1.82, 2.24) is 10.7 Å². The molecule has 124 valence electrons. The average Bonchev–Trinajstić information content (AvgIpc) is 2.60. The van der Waals surface area contributed by atoms with E-state index in [4.69, 9.17) is 17.0 Å². The zero-order chi connectivity index (χ0) is 17.4. The topological polar surface area (TPSA) is 88.8 Å². The van der Waals surface area contributed by atoms with E-state index in [1.807, 2.05) is 24.3 Å². The van der Waals surface area contributed by atoms with Crippen LogP contribution < -0.4 is 15.5 Å². The number of nitro groups is 1. The van der Waals surface area contributed by atoms with E-state index in [0.717, 1.165) is 11.3 Å². The van der Waals surface area contributed by atoms with Crippen LogP contribution in [0.25, 0.3) is 0 Å². The third-order valence-electron chi connectivity index (χ3n) is 3.07. The van der Waals surface area contributed by atoms with Crippen LogP contribution in [0.1, 0.15) is 11.1 Å². The third kappa shape index (κ3) is 5.33. The summed E-state index contributed by atoms with van der Waals surface area (Å²) < 4.78 is 5.09. The summed E-state index contributed by atoms with van der Waals surface area (Å²) in [5.41, 5.74) is 4.33. The molecule has 2 rings (SSSR count). The summed E-state index contributed by atoms with van der Waals surface area (Å²) in [6.45, 7) is 0.544. The number of ether oxygens (including phenoxy) is 1. The molecule has 0 unspecified atom stereocenters. The molecule has 0 aromatic heterocycles. The zero-order valence-corrected chi connectivity index (χ0v) is 13.7. The summed E-state index contributed by atoms with van der Waals surface area (Å²) in [7, 11) is 1.62. The minimum atomic E-state index is -0.453. The van der Waals surface area contributed by atoms with Crippen LogP contribution >= 0.6 is 12.2 Å². The molecule has 0 amide bonds. The highest BCUT2D eigenvalue weighted by Crippen LogP contribution is 2.12. The van der Waals surface area contributed by atoms with Crippen molar-refractivity contribution < 1.29 is 9.66 Å². The molecular formula is C16H16N4O3S. The van der Waals surface area contributed by atoms with Gasteiger partial charge in [-0.1, -0.05) is 24.3 Å². The Balaban J connectivity index is 1.81. The maximum atomic E-state index is 10.7. The number of hydrazone groups is 1. The predicted molar refractivity (Wildman–Crippen MR) is 96.3 cm³/mol. The number of thiocarbonyl (C=S) groups is 1. The fourth-order valence-electron chi connectivity index (χ4n) is 1.85. The van der Waals surface area contributed by atoms with Gasteiger partial charge in [-0.05, 0) is 29.9 Å². The summed E-state index contributed by atoms with van der Waals surface area (Å²) in [4.78, 5) is 10.2. The quantitative estimate of drug-likeness (QED) is 0.362. The number of nitro benzene ring substituents is 1. The molecule has 0 aliphatic carbocycles. The van der Waals surface area contributed by atoms with E-state index >= 15 is 0 Å². The van der Waals surface area contributed by atoms with Crippen molar-refractivity contribution in [3.63, 3.8) is 0 Å². The molecule has 0 saturated heterocycles. The van der Waals surface area contributed by atoms with Crippen molar-refractivity contribution in [3.05, 3.63) is 69.8 Å². The molecule has 0 atom stereocenters. The second-order valence-electron chi connectivity index (χ2n) is 4.75. The Hall–Kier alpha value is -3.00. The second kappa shape index (κ2) is 8.59. The van der Waals surface area contributed by atoms with E-state index < -0.39 is 4.92 Å². The van der Waals surface area contributed by atoms with Gasteiger partial charge in [0.15, 0.2) is 5.11 Å². The molecule has 7 nitrogen and oxygen atoms in total. The maximum Gasteiger partial charge on any atom is 0.270 e. The standard InChI is InChI=1S/C16H16N4O3S/c1-23-15-7-5-12(6-8-15)10-17-16(24)19-18-11-13-3-2-4-14(9-13)20(21)22/h2-9,11H,10H2,1H3,(H2,17,19,24). The van der Waals surface area contributed by atoms with Crippen LogP contribution in [0.5, 0.6) is 5.75 Å². The molecule has 0 bridgehead atoms. The SMILES string of the molecule is COc1ccc(CNC(=S)NN=Cc2cccc([N+](=O)[O-])c2)cc1. The number of nitrogens with zero attached hydrogens (tertiary/aromatic N) is 2. The molecule has 0 aliphatic heterocycles. The molecule has 0 saturated carbocycles. The van der Waals surface area contributed by atoms with Crippen LogP contribution in [-0.4, -0.2) is 23.4 Å². The summed E-state index contributed by atoms with van der Waals surface area (Å²) in [6.07, 6.45) is 1.47. The van der Waals surface area contributed by atoms with Gasteiger partial charge in [0.25, 0.3) is 5.69 Å². The Labute approximate surface area is 144 Å². The molecule has 0 aliphatic rings. The monoisotopic (exact) mass is 344 g/mol. The lowest BCUT2D eigenvalue weighted by atomic mass is 10.2. The first kappa shape index (κ1) is 17.4. The van der Waals surface area contributed by atoms with Gasteiger partial charge < -0.3 is 10.1 Å². The summed E-state index contributed by atoms with van der Waals surface area (Å²) >= 11 is 5.12. The molecule has 0 spiro atoms. The van der Waals surface area contributed by atoms with Crippen molar-refractivity contribution in [3.8, 4) is 5.75 Å². The fraction of sp³-hybridized carbons (Fsp3) is 0.125. The van der Waals surface area contributed by atoms with Crippen molar-refractivity contribution in [2.24, 2.45) is 5.10 Å². The molecule has 0 fully saturated rings. The Morgan fingerprint density at radius 3 is 2.75 bits per heavy atom. The minimum Gasteiger partial charge on any atom is -0.497 e. The second-order valence-corrected chi connectivity index (χ2v) is 5.16. The van der Waals surface area contributed by atoms with Gasteiger partial charge in [0, 0.05) is 24.2 Å². The van der Waals surface area contributed by atoms with Crippen molar-refractivity contribution in [1.29, 1.82) is 0 Å². The van der Waals surface area contributed by atoms with E-state index in [1.165, 1.54) is 18.3 Å². The number of methoxy groups -OCH3 is 1. The summed E-state index contributed by atoms with van der Waals surface area (Å²) in [5, 5.41) is 18.0. The predicted octanol–water partition coefficient (Wildman–Crippen LogP) is 2.60. The molecule has 0 radical (unpaired) electrons. The van der Waals surface area contributed by atoms with E-state index in [0.29, 0.717) is 17.2 Å². The van der Waals surface area contributed by atoms with Gasteiger partial charge in [0.05, 0.1) is 18.2 Å². The zero-order valence-electron chi connectivity index (χ0n) is 12.9. The van der Waals surface area contributed by atoms with Crippen LogP contribution in [0.3, 0.4) is 0 Å². The molecule has 24 heavy (non-hydrogen) atoms. The van der Waals surface area contributed by atoms with Crippen molar-refractivity contribution >= 4 is 29.2 Å². The molecule has 2 aromatic rings. The molecule has 0 heterocycles. The smallest absolute Gasteiger partial charge is 0.270 e. The van der Waals surface area contributed by atoms with Crippen LogP contribution in [0, 0.1) is 10.1 Å². The lowest BCUT2D eigenvalue weighted by Gasteiger charge is -2.07. The first-order valence-corrected chi connectivity index (χ1v) is 7.43. The summed E-state index contributed by atoms with van der Waals surface area (Å²) in [6, 6.07) is 13.8. The third-order valence-corrected chi connectivity index (χ3v) is 3.31. The average molecular weight is 344 g/mol. The molecule has 2 aromatic carbocycles. The van der Waals surface area contributed by atoms with Gasteiger partial charge in [-0.25, -0.2) is 0 Å². The van der Waals surface area contributed by atoms with Gasteiger partial charge >= 0.3 is 0 Å². The lowest BCUT2D eigenvalue weighted by Crippen LogP contribution is -2.31. The first-order valence-electron chi connectivity index (χ1n) is 7.03. The lowest BCUT2D eigenvalue weighted by molar-refractivity contribution is -0.384. The van der Waals surface area contributed by atoms with Crippen LogP contribution in [-0.2, 0) is 6.54 Å². The van der Waals surface area contributed by atoms with Crippen molar-refractivity contribution in [2.45, 2.75) is 6.54 Å². The number of benzene rings is 2. The highest BCUT2D eigenvalue weighted by atomic mass is 32.1. The van der Waals surface area contributed by atoms with Crippen molar-refractivity contribution in [2.75, 3.05) is 7.11 Å². The molecular weight excluding hydrogens is 328 g/mol. The van der Waals surface area contributed by atoms with E-state index in [2.05, 4.69) is 15.8 Å². The Kier molecular flexibility index (Phi) is 6.21. The number of hydrogen-bond donors (Lipinski definition) is 2. The van der Waals surface area contributed by atoms with Gasteiger partial charge in [0.1, 0.15) is 5.75 Å². The number of nitrogens with one attached hydrogen (secondary N) is 2. The largest absolute Gasteiger partial charge is 0.497 e. The first-order chi connectivity index (χ1) is 11.6. The Bertz CT molecular complexity index is 747.